The molecule has 0 spiro atoms. The van der Waals surface area contributed by atoms with E-state index in [2.05, 4.69) is 14.8 Å². The molecule has 0 saturated carbocycles. The molecule has 2 aliphatic rings. The quantitative estimate of drug-likeness (QED) is 0.908. The Kier molecular flexibility index (Phi) is 3.82. The molecule has 0 saturated heterocycles. The fourth-order valence-corrected chi connectivity index (χ4v) is 2.85. The van der Waals surface area contributed by atoms with Gasteiger partial charge in [0.2, 0.25) is 6.79 Å². The molecule has 1 aromatic rings. The van der Waals surface area contributed by atoms with Gasteiger partial charge in [-0.25, -0.2) is 0 Å². The minimum Gasteiger partial charge on any atom is -0.454 e. The van der Waals surface area contributed by atoms with Crippen LogP contribution in [-0.2, 0) is 0 Å². The fourth-order valence-electron chi connectivity index (χ4n) is 2.57. The molecule has 0 aromatic heterocycles. The Morgan fingerprint density at radius 2 is 2.24 bits per heavy atom. The van der Waals surface area contributed by atoms with Gasteiger partial charge < -0.3 is 25.0 Å². The molecule has 0 aliphatic carbocycles. The summed E-state index contributed by atoms with van der Waals surface area (Å²) in [6, 6.07) is 3.98. The first kappa shape index (κ1) is 14.3. The minimum atomic E-state index is 0.0944. The van der Waals surface area contributed by atoms with E-state index in [4.69, 9.17) is 26.8 Å². The predicted molar refractivity (Wildman–Crippen MR) is 82.1 cm³/mol. The van der Waals surface area contributed by atoms with Gasteiger partial charge in [-0.3, -0.25) is 4.99 Å². The van der Waals surface area contributed by atoms with Crippen LogP contribution in [0.15, 0.2) is 17.1 Å². The van der Waals surface area contributed by atoms with Gasteiger partial charge in [-0.15, -0.1) is 0 Å². The number of ether oxygens (including phenoxy) is 2. The highest BCUT2D eigenvalue weighted by atomic mass is 35.5. The summed E-state index contributed by atoms with van der Waals surface area (Å²) in [5.41, 5.74) is 7.06. The summed E-state index contributed by atoms with van der Waals surface area (Å²) in [6.07, 6.45) is 0. The smallest absolute Gasteiger partial charge is 0.231 e. The molecule has 2 heterocycles. The Labute approximate surface area is 129 Å². The van der Waals surface area contributed by atoms with Gasteiger partial charge in [-0.2, -0.15) is 0 Å². The number of nitrogens with zero attached hydrogens (tertiary/aromatic N) is 3. The van der Waals surface area contributed by atoms with E-state index < -0.39 is 0 Å². The van der Waals surface area contributed by atoms with E-state index in [0.29, 0.717) is 29.0 Å². The average Bonchev–Trinajstić information content (AvgIpc) is 3.03. The van der Waals surface area contributed by atoms with Crippen LogP contribution in [0.2, 0.25) is 5.02 Å². The van der Waals surface area contributed by atoms with Gasteiger partial charge in [-0.05, 0) is 31.8 Å². The first-order chi connectivity index (χ1) is 10.1. The topological polar surface area (TPSA) is 63.3 Å². The van der Waals surface area contributed by atoms with Crippen molar-refractivity contribution in [1.29, 1.82) is 0 Å². The first-order valence-corrected chi connectivity index (χ1v) is 7.24. The van der Waals surface area contributed by atoms with Crippen LogP contribution in [0.25, 0.3) is 0 Å². The zero-order valence-electron chi connectivity index (χ0n) is 12.2. The molecule has 1 aromatic carbocycles. The van der Waals surface area contributed by atoms with Gasteiger partial charge in [0.25, 0.3) is 0 Å². The number of halogens is 1. The number of hydrogen-bond acceptors (Lipinski definition) is 6. The fraction of sp³-hybridized carbons (Fsp3) is 0.500. The largest absolute Gasteiger partial charge is 0.454 e. The average molecular weight is 311 g/mol. The lowest BCUT2D eigenvalue weighted by atomic mass is 10.1. The van der Waals surface area contributed by atoms with Crippen molar-refractivity contribution in [1.82, 2.24) is 9.80 Å². The van der Waals surface area contributed by atoms with Crippen LogP contribution in [0.1, 0.15) is 11.6 Å². The lowest BCUT2D eigenvalue weighted by Crippen LogP contribution is -2.40. The maximum absolute atomic E-state index is 6.26. The molecule has 0 bridgehead atoms. The molecule has 2 N–H and O–H groups in total. The first-order valence-electron chi connectivity index (χ1n) is 6.86. The van der Waals surface area contributed by atoms with E-state index in [9.17, 15) is 0 Å². The molecule has 114 valence electrons. The van der Waals surface area contributed by atoms with Gasteiger partial charge >= 0.3 is 0 Å². The zero-order chi connectivity index (χ0) is 15.0. The van der Waals surface area contributed by atoms with Crippen LogP contribution < -0.4 is 15.2 Å². The van der Waals surface area contributed by atoms with Gasteiger partial charge in [0, 0.05) is 13.1 Å². The predicted octanol–water partition coefficient (Wildman–Crippen LogP) is 1.30. The second-order valence-electron chi connectivity index (χ2n) is 5.45. The number of guanidine groups is 1. The monoisotopic (exact) mass is 310 g/mol. The number of hydrogen-bond donors (Lipinski definition) is 1. The van der Waals surface area contributed by atoms with Crippen molar-refractivity contribution in [3.8, 4) is 11.5 Å². The maximum atomic E-state index is 6.26. The molecule has 21 heavy (non-hydrogen) atoms. The van der Waals surface area contributed by atoms with Crippen LogP contribution in [-0.4, -0.2) is 56.3 Å². The SMILES string of the molecule is CN(C)CCN1C(N)=NCC1c1cc(Cl)c2c(c1)OCO2. The van der Waals surface area contributed by atoms with Crippen molar-refractivity contribution in [2.45, 2.75) is 6.04 Å². The summed E-state index contributed by atoms with van der Waals surface area (Å²) < 4.78 is 10.8. The number of benzene rings is 1. The second-order valence-corrected chi connectivity index (χ2v) is 5.86. The molecule has 0 fully saturated rings. The molecule has 6 nitrogen and oxygen atoms in total. The van der Waals surface area contributed by atoms with Crippen LogP contribution in [0, 0.1) is 0 Å². The molecule has 2 aliphatic heterocycles. The molecule has 1 unspecified atom stereocenters. The third-order valence-corrected chi connectivity index (χ3v) is 4.00. The standard InChI is InChI=1S/C14H19ClN4O2/c1-18(2)3-4-19-11(7-17-14(19)16)9-5-10(15)13-12(6-9)20-8-21-13/h5-6,11H,3-4,7-8H2,1-2H3,(H2,16,17). The van der Waals surface area contributed by atoms with Gasteiger partial charge in [0.05, 0.1) is 17.6 Å². The molecule has 7 heteroatoms. The normalized spacial score (nSPS) is 20.3. The molecule has 0 amide bonds. The number of aliphatic imine (C=N–C) groups is 1. The molecular weight excluding hydrogens is 292 g/mol. The van der Waals surface area contributed by atoms with Gasteiger partial charge in [0.15, 0.2) is 17.5 Å². The zero-order valence-corrected chi connectivity index (χ0v) is 12.9. The van der Waals surface area contributed by atoms with Crippen LogP contribution in [0.4, 0.5) is 0 Å². The Hall–Kier alpha value is -1.66. The number of likely N-dealkylation sites (N-methyl/N-ethyl adjacent to an activating group) is 1. The highest BCUT2D eigenvalue weighted by molar-refractivity contribution is 6.32. The van der Waals surface area contributed by atoms with E-state index in [1.54, 1.807) is 0 Å². The molecule has 1 atom stereocenters. The number of rotatable bonds is 4. The lowest BCUT2D eigenvalue weighted by molar-refractivity contribution is 0.174. The van der Waals surface area contributed by atoms with E-state index in [1.807, 2.05) is 26.2 Å². The van der Waals surface area contributed by atoms with Crippen molar-refractivity contribution >= 4 is 17.6 Å². The Morgan fingerprint density at radius 1 is 1.43 bits per heavy atom. The van der Waals surface area contributed by atoms with E-state index in [0.717, 1.165) is 18.7 Å². The maximum Gasteiger partial charge on any atom is 0.231 e. The highest BCUT2D eigenvalue weighted by Crippen LogP contribution is 2.42. The Morgan fingerprint density at radius 3 is 3.00 bits per heavy atom. The van der Waals surface area contributed by atoms with Crippen molar-refractivity contribution < 1.29 is 9.47 Å². The van der Waals surface area contributed by atoms with Crippen molar-refractivity contribution in [2.24, 2.45) is 10.7 Å². The lowest BCUT2D eigenvalue weighted by Gasteiger charge is -2.28. The van der Waals surface area contributed by atoms with Crippen molar-refractivity contribution in [2.75, 3.05) is 40.5 Å². The minimum absolute atomic E-state index is 0.0944. The van der Waals surface area contributed by atoms with Crippen LogP contribution >= 0.6 is 11.6 Å². The van der Waals surface area contributed by atoms with Gasteiger partial charge in [-0.1, -0.05) is 11.6 Å². The summed E-state index contributed by atoms with van der Waals surface area (Å²) in [7, 11) is 4.08. The Bertz CT molecular complexity index is 576. The molecule has 3 rings (SSSR count). The summed E-state index contributed by atoms with van der Waals surface area (Å²) in [6.45, 7) is 2.57. The summed E-state index contributed by atoms with van der Waals surface area (Å²) >= 11 is 6.26. The van der Waals surface area contributed by atoms with E-state index in [1.165, 1.54) is 0 Å². The van der Waals surface area contributed by atoms with E-state index in [-0.39, 0.29) is 12.8 Å². The van der Waals surface area contributed by atoms with Crippen LogP contribution in [0.5, 0.6) is 11.5 Å². The highest BCUT2D eigenvalue weighted by Gasteiger charge is 2.29. The third-order valence-electron chi connectivity index (χ3n) is 3.72. The summed E-state index contributed by atoms with van der Waals surface area (Å²) in [4.78, 5) is 8.59. The summed E-state index contributed by atoms with van der Waals surface area (Å²) in [5, 5.41) is 0.568. The Balaban J connectivity index is 1.84. The summed E-state index contributed by atoms with van der Waals surface area (Å²) in [5.74, 6) is 1.89. The second kappa shape index (κ2) is 5.61. The van der Waals surface area contributed by atoms with Crippen LogP contribution in [0.3, 0.4) is 0 Å². The van der Waals surface area contributed by atoms with Crippen molar-refractivity contribution in [3.05, 3.63) is 22.7 Å². The third kappa shape index (κ3) is 2.73. The number of nitrogens with two attached hydrogens (primary N) is 1. The number of fused-ring (bicyclic) bond motifs is 1. The van der Waals surface area contributed by atoms with Gasteiger partial charge in [0.1, 0.15) is 0 Å². The van der Waals surface area contributed by atoms with E-state index >= 15 is 0 Å². The molecule has 0 radical (unpaired) electrons. The molecular formula is C14H19ClN4O2. The van der Waals surface area contributed by atoms with Crippen molar-refractivity contribution in [3.63, 3.8) is 0 Å².